The van der Waals surface area contributed by atoms with Gasteiger partial charge in [0.05, 0.1) is 4.90 Å². The fraction of sp³-hybridized carbons (Fsp3) is 0.200. The molecule has 0 spiro atoms. The normalized spacial score (nSPS) is 13.6. The van der Waals surface area contributed by atoms with Crippen LogP contribution in [-0.4, -0.2) is 26.6 Å². The summed E-state index contributed by atoms with van der Waals surface area (Å²) in [5.41, 5.74) is 0.763. The van der Waals surface area contributed by atoms with E-state index in [1.165, 1.54) is 17.4 Å². The monoisotopic (exact) mass is 401 g/mol. The Bertz CT molecular complexity index is 857. The second-order valence-electron chi connectivity index (χ2n) is 5.02. The van der Waals surface area contributed by atoms with Crippen molar-refractivity contribution in [2.24, 2.45) is 0 Å². The van der Waals surface area contributed by atoms with Gasteiger partial charge in [-0.15, -0.1) is 0 Å². The molecule has 0 N–H and O–H groups in total. The van der Waals surface area contributed by atoms with Crippen LogP contribution in [0.2, 0.25) is 0 Å². The van der Waals surface area contributed by atoms with Gasteiger partial charge in [-0.1, -0.05) is 6.07 Å². The Balaban J connectivity index is 1.85. The molecule has 1 heterocycles. The van der Waals surface area contributed by atoms with Gasteiger partial charge in [-0.25, -0.2) is 12.8 Å². The number of ether oxygens (including phenoxy) is 2. The lowest BCUT2D eigenvalue weighted by Gasteiger charge is -2.18. The lowest BCUT2D eigenvalue weighted by molar-refractivity contribution is 0.174. The molecule has 2 aromatic carbocycles. The molecule has 0 atom stereocenters. The van der Waals surface area contributed by atoms with Gasteiger partial charge in [-0.05, 0) is 51.8 Å². The standard InChI is InChI=1S/C15H13BrFNO4S/c1-18(8-10-2-4-13-14(6-10)22-9-21-13)23(19,20)15-5-3-11(17)7-12(15)16/h2-7H,8-9H2,1H3. The van der Waals surface area contributed by atoms with Gasteiger partial charge in [0, 0.05) is 18.1 Å². The number of rotatable bonds is 4. The van der Waals surface area contributed by atoms with Gasteiger partial charge in [-0.3, -0.25) is 0 Å². The number of benzene rings is 2. The van der Waals surface area contributed by atoms with Crippen LogP contribution in [0, 0.1) is 5.82 Å². The average molecular weight is 402 g/mol. The Labute approximate surface area is 141 Å². The summed E-state index contributed by atoms with van der Waals surface area (Å²) in [6, 6.07) is 8.75. The molecule has 122 valence electrons. The minimum absolute atomic E-state index is 0.0159. The van der Waals surface area contributed by atoms with E-state index in [0.717, 1.165) is 17.7 Å². The smallest absolute Gasteiger partial charge is 0.244 e. The van der Waals surface area contributed by atoms with E-state index in [9.17, 15) is 12.8 Å². The van der Waals surface area contributed by atoms with Crippen molar-refractivity contribution in [3.63, 3.8) is 0 Å². The van der Waals surface area contributed by atoms with Crippen molar-refractivity contribution in [3.8, 4) is 11.5 Å². The van der Waals surface area contributed by atoms with Gasteiger partial charge in [0.25, 0.3) is 0 Å². The van der Waals surface area contributed by atoms with Crippen LogP contribution in [-0.2, 0) is 16.6 Å². The fourth-order valence-corrected chi connectivity index (χ4v) is 4.40. The number of hydrogen-bond acceptors (Lipinski definition) is 4. The third-order valence-corrected chi connectivity index (χ3v) is 6.20. The number of nitrogens with zero attached hydrogens (tertiary/aromatic N) is 1. The molecule has 0 unspecified atom stereocenters. The van der Waals surface area contributed by atoms with Crippen molar-refractivity contribution in [2.45, 2.75) is 11.4 Å². The van der Waals surface area contributed by atoms with Crippen molar-refractivity contribution in [2.75, 3.05) is 13.8 Å². The van der Waals surface area contributed by atoms with Crippen LogP contribution in [0.4, 0.5) is 4.39 Å². The third kappa shape index (κ3) is 3.19. The van der Waals surface area contributed by atoms with Gasteiger partial charge in [0.2, 0.25) is 16.8 Å². The first-order valence-electron chi connectivity index (χ1n) is 6.68. The minimum Gasteiger partial charge on any atom is -0.454 e. The van der Waals surface area contributed by atoms with E-state index in [2.05, 4.69) is 15.9 Å². The molecule has 0 amide bonds. The minimum atomic E-state index is -3.75. The predicted octanol–water partition coefficient (Wildman–Crippen LogP) is 3.14. The van der Waals surface area contributed by atoms with Crippen molar-refractivity contribution < 1.29 is 22.3 Å². The van der Waals surface area contributed by atoms with Gasteiger partial charge < -0.3 is 9.47 Å². The second-order valence-corrected chi connectivity index (χ2v) is 7.89. The molecule has 2 aromatic rings. The van der Waals surface area contributed by atoms with E-state index < -0.39 is 15.8 Å². The maximum Gasteiger partial charge on any atom is 0.244 e. The summed E-state index contributed by atoms with van der Waals surface area (Å²) in [5.74, 6) is 0.728. The summed E-state index contributed by atoms with van der Waals surface area (Å²) in [4.78, 5) is 0.0159. The van der Waals surface area contributed by atoms with Crippen LogP contribution < -0.4 is 9.47 Å². The summed E-state index contributed by atoms with van der Waals surface area (Å²) in [6.07, 6.45) is 0. The Morgan fingerprint density at radius 1 is 1.17 bits per heavy atom. The largest absolute Gasteiger partial charge is 0.454 e. The van der Waals surface area contributed by atoms with Gasteiger partial charge >= 0.3 is 0 Å². The van der Waals surface area contributed by atoms with E-state index >= 15 is 0 Å². The number of halogens is 2. The average Bonchev–Trinajstić information content (AvgIpc) is 2.94. The molecule has 3 rings (SSSR count). The molecule has 0 bridgehead atoms. The summed E-state index contributed by atoms with van der Waals surface area (Å²) >= 11 is 3.09. The Kier molecular flexibility index (Phi) is 4.31. The maximum absolute atomic E-state index is 13.1. The fourth-order valence-electron chi connectivity index (χ4n) is 2.23. The number of hydrogen-bond donors (Lipinski definition) is 0. The first-order valence-corrected chi connectivity index (χ1v) is 8.91. The van der Waals surface area contributed by atoms with Crippen molar-refractivity contribution in [1.82, 2.24) is 4.31 Å². The molecule has 0 fully saturated rings. The zero-order valence-corrected chi connectivity index (χ0v) is 14.5. The van der Waals surface area contributed by atoms with E-state index in [4.69, 9.17) is 9.47 Å². The van der Waals surface area contributed by atoms with Crippen molar-refractivity contribution >= 4 is 26.0 Å². The molecule has 0 aromatic heterocycles. The molecule has 1 aliphatic rings. The molecule has 8 heteroatoms. The van der Waals surface area contributed by atoms with Gasteiger partial charge in [0.1, 0.15) is 5.82 Å². The maximum atomic E-state index is 13.1. The van der Waals surface area contributed by atoms with Crippen molar-refractivity contribution in [1.29, 1.82) is 0 Å². The first kappa shape index (κ1) is 16.2. The third-order valence-electron chi connectivity index (χ3n) is 3.42. The molecular weight excluding hydrogens is 389 g/mol. The Morgan fingerprint density at radius 2 is 1.91 bits per heavy atom. The topological polar surface area (TPSA) is 55.8 Å². The molecule has 1 aliphatic heterocycles. The molecule has 0 radical (unpaired) electrons. The predicted molar refractivity (Wildman–Crippen MR) is 85.3 cm³/mol. The molecule has 5 nitrogen and oxygen atoms in total. The first-order chi connectivity index (χ1) is 10.9. The summed E-state index contributed by atoms with van der Waals surface area (Å²) in [6.45, 7) is 0.318. The summed E-state index contributed by atoms with van der Waals surface area (Å²) in [5, 5.41) is 0. The SMILES string of the molecule is CN(Cc1ccc2c(c1)OCO2)S(=O)(=O)c1ccc(F)cc1Br. The van der Waals surface area contributed by atoms with E-state index in [-0.39, 0.29) is 22.7 Å². The lowest BCUT2D eigenvalue weighted by atomic mass is 10.2. The molecule has 0 aliphatic carbocycles. The Morgan fingerprint density at radius 3 is 2.65 bits per heavy atom. The zero-order chi connectivity index (χ0) is 16.6. The summed E-state index contributed by atoms with van der Waals surface area (Å²) < 4.78 is 50.3. The number of fused-ring (bicyclic) bond motifs is 1. The van der Waals surface area contributed by atoms with E-state index in [1.807, 2.05) is 0 Å². The van der Waals surface area contributed by atoms with Crippen LogP contribution in [0.5, 0.6) is 11.5 Å². The molecule has 0 saturated carbocycles. The summed E-state index contributed by atoms with van der Waals surface area (Å²) in [7, 11) is -2.28. The molecule has 0 saturated heterocycles. The van der Waals surface area contributed by atoms with Gasteiger partial charge in [0.15, 0.2) is 11.5 Å². The zero-order valence-electron chi connectivity index (χ0n) is 12.1. The van der Waals surface area contributed by atoms with Crippen LogP contribution in [0.25, 0.3) is 0 Å². The second kappa shape index (κ2) is 6.10. The highest BCUT2D eigenvalue weighted by Crippen LogP contribution is 2.33. The lowest BCUT2D eigenvalue weighted by Crippen LogP contribution is -2.26. The quantitative estimate of drug-likeness (QED) is 0.789. The van der Waals surface area contributed by atoms with Crippen LogP contribution in [0.1, 0.15) is 5.56 Å². The molecule has 23 heavy (non-hydrogen) atoms. The van der Waals surface area contributed by atoms with E-state index in [1.54, 1.807) is 18.2 Å². The highest BCUT2D eigenvalue weighted by molar-refractivity contribution is 9.10. The Hall–Kier alpha value is -1.64. The van der Waals surface area contributed by atoms with Crippen LogP contribution >= 0.6 is 15.9 Å². The van der Waals surface area contributed by atoms with Crippen LogP contribution in [0.3, 0.4) is 0 Å². The highest BCUT2D eigenvalue weighted by Gasteiger charge is 2.24. The van der Waals surface area contributed by atoms with Gasteiger partial charge in [-0.2, -0.15) is 4.31 Å². The number of sulfonamides is 1. The van der Waals surface area contributed by atoms with Crippen molar-refractivity contribution in [3.05, 3.63) is 52.3 Å². The van der Waals surface area contributed by atoms with E-state index in [0.29, 0.717) is 11.5 Å². The van der Waals surface area contributed by atoms with Crippen LogP contribution in [0.15, 0.2) is 45.8 Å². The highest BCUT2D eigenvalue weighted by atomic mass is 79.9. The molecular formula is C15H13BrFNO4S.